The van der Waals surface area contributed by atoms with Gasteiger partial charge in [-0.05, 0) is 128 Å². The molecular formula is C57H59N3O. The first kappa shape index (κ1) is 30.7. The number of fused-ring (bicyclic) bond motifs is 1. The molecule has 0 saturated carbocycles. The summed E-state index contributed by atoms with van der Waals surface area (Å²) in [6, 6.07) is 28.6. The summed E-state index contributed by atoms with van der Waals surface area (Å²) in [6.45, 7) is 18.1. The van der Waals surface area contributed by atoms with Gasteiger partial charge in [-0.25, -0.2) is 4.98 Å². The summed E-state index contributed by atoms with van der Waals surface area (Å²) in [5, 5.41) is 12.3. The van der Waals surface area contributed by atoms with Gasteiger partial charge in [-0.2, -0.15) is 0 Å². The Morgan fingerprint density at radius 3 is 1.98 bits per heavy atom. The fraction of sp³-hybridized carbons (Fsp3) is 0.263. The van der Waals surface area contributed by atoms with Crippen molar-refractivity contribution in [3.8, 4) is 67.5 Å². The fourth-order valence-electron chi connectivity index (χ4n) is 7.74. The van der Waals surface area contributed by atoms with Crippen molar-refractivity contribution in [1.29, 1.82) is 0 Å². The smallest absolute Gasteiger partial charge is 0.149 e. The van der Waals surface area contributed by atoms with Gasteiger partial charge >= 0.3 is 0 Å². The second kappa shape index (κ2) is 16.0. The Morgan fingerprint density at radius 1 is 0.623 bits per heavy atom. The van der Waals surface area contributed by atoms with Gasteiger partial charge in [0.15, 0.2) is 0 Å². The first-order valence-corrected chi connectivity index (χ1v) is 20.9. The van der Waals surface area contributed by atoms with E-state index >= 15 is 0 Å². The van der Waals surface area contributed by atoms with Gasteiger partial charge in [0.25, 0.3) is 0 Å². The summed E-state index contributed by atoms with van der Waals surface area (Å²) in [4.78, 5) is 9.98. The van der Waals surface area contributed by atoms with Crippen LogP contribution in [0.5, 0.6) is 5.75 Å². The van der Waals surface area contributed by atoms with Crippen LogP contribution < -0.4 is 0 Å². The number of phenolic OH excluding ortho intramolecular Hbond substituents is 1. The van der Waals surface area contributed by atoms with Crippen LogP contribution in [0.15, 0.2) is 139 Å². The highest BCUT2D eigenvalue weighted by atomic mass is 16.3. The van der Waals surface area contributed by atoms with Crippen molar-refractivity contribution in [2.24, 2.45) is 0 Å². The average molecular weight is 812 g/mol. The average Bonchev–Trinajstić information content (AvgIpc) is 3.69. The van der Waals surface area contributed by atoms with Crippen LogP contribution in [0.2, 0.25) is 0 Å². The predicted molar refractivity (Wildman–Crippen MR) is 258 cm³/mol. The minimum Gasteiger partial charge on any atom is -0.507 e. The second-order valence-electron chi connectivity index (χ2n) is 18.6. The number of aromatic nitrogens is 3. The summed E-state index contributed by atoms with van der Waals surface area (Å²) < 4.78 is 88.2. The lowest BCUT2D eigenvalue weighted by Gasteiger charge is -2.23. The standard InChI is InChI=1S/C57H59N3O/c1-35(2)41-31-49(36(3)4)54(61)50(32-41)55-59-53-48(18-15-19-52(53)60(55)47-30-42(38-16-13-12-14-17-38)27-46(34-47)57(9,10)11)43-26-44(29-45(28-43)56(6,7)8)51-33-40(24-25-58-51)39-22-20-37(5)21-23-39/h12-36,61H,1-11H3/i5D3,20D,21D,22D,23D,24D,25D,33D. The van der Waals surface area contributed by atoms with Crippen molar-refractivity contribution in [3.05, 3.63) is 167 Å². The van der Waals surface area contributed by atoms with E-state index in [2.05, 4.69) is 100 Å². The lowest BCUT2D eigenvalue weighted by Crippen LogP contribution is -2.12. The van der Waals surface area contributed by atoms with Gasteiger partial charge in [-0.1, -0.05) is 160 Å². The van der Waals surface area contributed by atoms with E-state index in [-0.39, 0.29) is 34.3 Å². The van der Waals surface area contributed by atoms with Crippen molar-refractivity contribution >= 4 is 11.0 Å². The number of hydrogen-bond acceptors (Lipinski definition) is 3. The van der Waals surface area contributed by atoms with Crippen molar-refractivity contribution in [1.82, 2.24) is 14.5 Å². The van der Waals surface area contributed by atoms with Crippen LogP contribution in [0.4, 0.5) is 0 Å². The molecule has 4 nitrogen and oxygen atoms in total. The van der Waals surface area contributed by atoms with E-state index in [4.69, 9.17) is 17.3 Å². The maximum absolute atomic E-state index is 12.3. The van der Waals surface area contributed by atoms with Gasteiger partial charge in [0.05, 0.1) is 31.9 Å². The molecule has 61 heavy (non-hydrogen) atoms. The van der Waals surface area contributed by atoms with Crippen molar-refractivity contribution in [2.75, 3.05) is 0 Å². The van der Waals surface area contributed by atoms with E-state index in [9.17, 15) is 6.48 Å². The molecule has 4 heteroatoms. The van der Waals surface area contributed by atoms with Crippen LogP contribution in [0.3, 0.4) is 0 Å². The second-order valence-corrected chi connectivity index (χ2v) is 18.6. The molecule has 0 saturated heterocycles. The monoisotopic (exact) mass is 812 g/mol. The highest BCUT2D eigenvalue weighted by molar-refractivity contribution is 5.97. The molecule has 0 radical (unpaired) electrons. The quantitative estimate of drug-likeness (QED) is 0.166. The molecule has 308 valence electrons. The Kier molecular flexibility index (Phi) is 8.04. The van der Waals surface area contributed by atoms with Gasteiger partial charge < -0.3 is 5.11 Å². The number of hydrogen-bond donors (Lipinski definition) is 1. The fourth-order valence-corrected chi connectivity index (χ4v) is 7.74. The molecule has 0 bridgehead atoms. The zero-order valence-electron chi connectivity index (χ0n) is 46.7. The normalized spacial score (nSPS) is 14.8. The largest absolute Gasteiger partial charge is 0.507 e. The molecule has 8 rings (SSSR count). The molecule has 0 unspecified atom stereocenters. The topological polar surface area (TPSA) is 50.9 Å². The Hall–Kier alpha value is -6.26. The highest BCUT2D eigenvalue weighted by Gasteiger charge is 2.26. The number of pyridine rings is 1. The Balaban J connectivity index is 1.46. The highest BCUT2D eigenvalue weighted by Crippen LogP contribution is 2.44. The molecule has 0 aliphatic rings. The number of para-hydroxylation sites is 1. The molecule has 2 heterocycles. The number of imidazole rings is 1. The van der Waals surface area contributed by atoms with Crippen molar-refractivity contribution < 1.29 is 18.8 Å². The molecule has 0 fully saturated rings. The van der Waals surface area contributed by atoms with E-state index in [1.54, 1.807) is 0 Å². The van der Waals surface area contributed by atoms with Gasteiger partial charge in [0.2, 0.25) is 0 Å². The molecule has 0 aliphatic heterocycles. The zero-order chi connectivity index (χ0) is 52.0. The van der Waals surface area contributed by atoms with E-state index < -0.39 is 65.8 Å². The van der Waals surface area contributed by atoms with Gasteiger partial charge in [-0.15, -0.1) is 0 Å². The van der Waals surface area contributed by atoms with E-state index in [1.807, 2.05) is 75.4 Å². The molecular weight excluding hydrogens is 743 g/mol. The van der Waals surface area contributed by atoms with Crippen LogP contribution in [-0.2, 0) is 10.8 Å². The number of benzene rings is 6. The maximum atomic E-state index is 12.3. The van der Waals surface area contributed by atoms with Crippen LogP contribution in [0, 0.1) is 6.85 Å². The van der Waals surface area contributed by atoms with Crippen LogP contribution in [-0.4, -0.2) is 19.6 Å². The van der Waals surface area contributed by atoms with Crippen molar-refractivity contribution in [2.45, 2.75) is 98.8 Å². The maximum Gasteiger partial charge on any atom is 0.149 e. The summed E-state index contributed by atoms with van der Waals surface area (Å²) >= 11 is 0. The number of aromatic hydroxyl groups is 1. The van der Waals surface area contributed by atoms with Gasteiger partial charge in [0.1, 0.15) is 11.6 Å². The third-order valence-corrected chi connectivity index (χ3v) is 11.4. The van der Waals surface area contributed by atoms with Crippen LogP contribution in [0.25, 0.3) is 72.7 Å². The van der Waals surface area contributed by atoms with Crippen LogP contribution >= 0.6 is 0 Å². The molecule has 8 aromatic rings. The zero-order valence-corrected chi connectivity index (χ0v) is 36.7. The minimum absolute atomic E-state index is 0.00899. The van der Waals surface area contributed by atoms with Gasteiger partial charge in [-0.3, -0.25) is 9.55 Å². The molecule has 0 spiro atoms. The molecule has 0 aliphatic carbocycles. The summed E-state index contributed by atoms with van der Waals surface area (Å²) in [5.41, 5.74) is 8.21. The SMILES string of the molecule is [2H]c1nc(-c2cc(-c3cccc4c3nc(-c3cc(C(C)C)cc(C(C)C)c3O)n4-c3cc(-c4ccccc4)cc(C(C)(C)C)c3)cc(C(C)(C)C)c2)c([2H])c(-c2c([2H])c([2H])c(C([2H])([2H])[2H])c([2H])c2[2H])c1[2H]. The lowest BCUT2D eigenvalue weighted by atomic mass is 9.83. The number of nitrogens with zero attached hydrogens (tertiary/aromatic N) is 3. The van der Waals surface area contributed by atoms with Crippen molar-refractivity contribution in [3.63, 3.8) is 0 Å². The third kappa shape index (κ3) is 8.29. The van der Waals surface area contributed by atoms with E-state index in [0.29, 0.717) is 28.0 Å². The molecule has 0 amide bonds. The predicted octanol–water partition coefficient (Wildman–Crippen LogP) is 15.6. The Bertz CT molecular complexity index is 3390. The minimum atomic E-state index is -2.96. The molecule has 2 aromatic heterocycles. The number of rotatable bonds is 8. The Labute approximate surface area is 377 Å². The summed E-state index contributed by atoms with van der Waals surface area (Å²) in [5.74, 6) is 0.850. The summed E-state index contributed by atoms with van der Waals surface area (Å²) in [6.07, 6.45) is -0.562. The summed E-state index contributed by atoms with van der Waals surface area (Å²) in [7, 11) is 0. The molecule has 0 atom stereocenters. The number of phenols is 1. The van der Waals surface area contributed by atoms with Crippen LogP contribution in [0.1, 0.15) is 123 Å². The lowest BCUT2D eigenvalue weighted by molar-refractivity contribution is 0.466. The van der Waals surface area contributed by atoms with Gasteiger partial charge in [0, 0.05) is 27.1 Å². The van der Waals surface area contributed by atoms with E-state index in [0.717, 1.165) is 50.1 Å². The van der Waals surface area contributed by atoms with E-state index in [1.165, 1.54) is 0 Å². The first-order valence-electron chi connectivity index (χ1n) is 25.9. The third-order valence-electron chi connectivity index (χ3n) is 11.4. The molecule has 1 N–H and O–H groups in total. The molecule has 6 aromatic carbocycles. The Morgan fingerprint density at radius 2 is 1.31 bits per heavy atom. The first-order chi connectivity index (χ1) is 33.1.